The fraction of sp³-hybridized carbons (Fsp3) is 0.131. The zero-order chi connectivity index (χ0) is 56.7. The van der Waals surface area contributed by atoms with Crippen LogP contribution in [0.3, 0.4) is 0 Å². The number of fused-ring (bicyclic) bond motifs is 12. The smallest absolute Gasteiger partial charge is 0.150 e. The minimum Gasteiger partial charge on any atom is -0.491 e. The van der Waals surface area contributed by atoms with Crippen LogP contribution in [0, 0.1) is 82.5 Å². The van der Waals surface area contributed by atoms with Crippen LogP contribution in [0.5, 0.6) is 0 Å². The van der Waals surface area contributed by atoms with Gasteiger partial charge in [-0.25, -0.2) is 43.9 Å². The Kier molecular flexibility index (Phi) is 14.7. The normalized spacial score (nSPS) is 17.7. The zero-order valence-electron chi connectivity index (χ0n) is 42.9. The van der Waals surface area contributed by atoms with Crippen LogP contribution in [0.25, 0.3) is 0 Å². The van der Waals surface area contributed by atoms with E-state index in [-0.39, 0.29) is 55.7 Å². The molecule has 7 aliphatic heterocycles. The molecule has 0 amide bonds. The molecule has 0 saturated heterocycles. The monoisotopic (exact) mass is 1310 g/mol. The second-order valence-corrected chi connectivity index (χ2v) is 19.7. The second kappa shape index (κ2) is 21.7. The van der Waals surface area contributed by atoms with Crippen molar-refractivity contribution in [3.8, 4) is 0 Å². The maximum Gasteiger partial charge on any atom is 0.150 e. The molecule has 0 aliphatic carbocycles. The Balaban J connectivity index is 0.000000116. The third kappa shape index (κ3) is 9.78. The maximum absolute atomic E-state index is 14.2. The van der Waals surface area contributed by atoms with Crippen molar-refractivity contribution in [3.63, 3.8) is 0 Å². The van der Waals surface area contributed by atoms with Crippen molar-refractivity contribution in [2.75, 3.05) is 48.4 Å². The van der Waals surface area contributed by atoms with Gasteiger partial charge in [0.15, 0.2) is 0 Å². The molecule has 421 valence electrons. The summed E-state index contributed by atoms with van der Waals surface area (Å²) in [5.74, 6) is -7.60. The summed E-state index contributed by atoms with van der Waals surface area (Å²) in [4.78, 5) is 14.1. The number of para-hydroxylation sites is 4. The van der Waals surface area contributed by atoms with Crippen molar-refractivity contribution < 1.29 is 72.8 Å². The van der Waals surface area contributed by atoms with E-state index in [1.54, 1.807) is 46.5 Å². The fourth-order valence-corrected chi connectivity index (χ4v) is 11.4. The molecule has 1 radical (unpaired) electrons. The molecule has 0 bridgehead atoms. The van der Waals surface area contributed by atoms with Crippen LogP contribution >= 0.6 is 0 Å². The Morgan fingerprint density at radius 2 is 0.841 bits per heavy atom. The molecular weight excluding hydrogens is 1260 g/mol. The molecule has 3 unspecified atom stereocenters. The average Bonchev–Trinajstić information content (AvgIpc) is 3.21. The predicted octanol–water partition coefficient (Wildman–Crippen LogP) is 14.9. The largest absolute Gasteiger partial charge is 0.491 e. The summed E-state index contributed by atoms with van der Waals surface area (Å²) in [5.41, 5.74) is 6.85. The first kappa shape index (κ1) is 55.4. The molecule has 82 heavy (non-hydrogen) atoms. The average molecular weight is 1310 g/mol. The van der Waals surface area contributed by atoms with E-state index in [1.807, 2.05) is 65.5 Å². The number of anilines is 10. The van der Waals surface area contributed by atoms with Crippen molar-refractivity contribution in [2.45, 2.75) is 37.8 Å². The molecule has 0 aromatic heterocycles. The second-order valence-electron chi connectivity index (χ2n) is 19.7. The molecule has 15 rings (SSSR count). The molecular formula is C61H42F12IrN8-2. The van der Waals surface area contributed by atoms with Gasteiger partial charge in [0.2, 0.25) is 0 Å². The van der Waals surface area contributed by atoms with Gasteiger partial charge in [0.25, 0.3) is 0 Å². The molecule has 3 atom stereocenters. The number of rotatable bonds is 3. The van der Waals surface area contributed by atoms with E-state index >= 15 is 0 Å². The molecule has 8 aromatic rings. The standard InChI is InChI=1S/C19H10F4N2.C16H10F4N2.C15H12F2N2.C11H10F2N2.Ir/c20-12-5-7-16(14(22)9-12)24-11-25(19-4-2-1-3-18(19)24)17-8-6-13(21)10-15(17)23;17-10-1-2-14(12(19)7-10)21-3-4-22-15(21)6-9-5-11(18)8-13(20)16(9)22;1-18-12-4-2-3-5-13(12)19-14(18)7-9-6-10(16)8-11(17)15(9)19;1-14-2-3-15-10(14)5-7-4-8(12)6-9(13)11(7)15;/h1-7,9-11H;1-5,7-8,15H,6H2;2-6,8,14H,7H2,1H3;2-4,6,10H,5H2,1H3;/q-2;;;;. The number of benzene rings is 8. The number of nitrogens with zero attached hydrogens (tertiary/aromatic N) is 8. The Hall–Kier alpha value is -8.55. The molecule has 21 heteroatoms. The van der Waals surface area contributed by atoms with Gasteiger partial charge in [0.1, 0.15) is 76.7 Å². The molecule has 7 aliphatic rings. The Morgan fingerprint density at radius 1 is 0.390 bits per heavy atom. The molecule has 0 N–H and O–H groups in total. The Bertz CT molecular complexity index is 3810. The third-order valence-electron chi connectivity index (χ3n) is 14.9. The van der Waals surface area contributed by atoms with E-state index in [9.17, 15) is 52.7 Å². The maximum atomic E-state index is 14.2. The molecule has 0 fully saturated rings. The van der Waals surface area contributed by atoms with Crippen molar-refractivity contribution in [3.05, 3.63) is 257 Å². The fourth-order valence-electron chi connectivity index (χ4n) is 11.4. The van der Waals surface area contributed by atoms with E-state index in [1.165, 1.54) is 46.8 Å². The zero-order valence-corrected chi connectivity index (χ0v) is 45.3. The summed E-state index contributed by atoms with van der Waals surface area (Å²) in [5, 5.41) is 0. The predicted molar refractivity (Wildman–Crippen MR) is 285 cm³/mol. The van der Waals surface area contributed by atoms with Gasteiger partial charge in [-0.2, -0.15) is 6.07 Å². The van der Waals surface area contributed by atoms with E-state index in [0.717, 1.165) is 77.1 Å². The molecule has 0 saturated carbocycles. The molecule has 0 spiro atoms. The van der Waals surface area contributed by atoms with E-state index in [4.69, 9.17) is 0 Å². The van der Waals surface area contributed by atoms with Gasteiger partial charge in [-0.15, -0.1) is 18.8 Å². The van der Waals surface area contributed by atoms with Crippen LogP contribution in [-0.2, 0) is 39.4 Å². The Morgan fingerprint density at radius 3 is 1.43 bits per heavy atom. The number of hydrogen-bond acceptors (Lipinski definition) is 8. The first-order valence-corrected chi connectivity index (χ1v) is 25.2. The SMILES string of the molecule is CN1C=CN2c3c(F)cc(F)cc3CC12.CN1c2ccccc2N2c3c(F)cc(F)cc3CC12.Fc1c[c-]c(N2[CH-]N(c3ccc(F)cc3F)c3ccccc32)c(F)c1.Fc1ccc(N2C=CN3c4c(F)cc(F)cc4CC23)c(F)c1.[Ir]. The minimum atomic E-state index is -0.799. The number of halogens is 12. The van der Waals surface area contributed by atoms with Crippen LogP contribution in [0.15, 0.2) is 158 Å². The first-order valence-electron chi connectivity index (χ1n) is 25.2. The quantitative estimate of drug-likeness (QED) is 0.128. The molecule has 7 heterocycles. The molecule has 8 aromatic carbocycles. The summed E-state index contributed by atoms with van der Waals surface area (Å²) in [6, 6.07) is 32.5. The minimum absolute atomic E-state index is 0. The van der Waals surface area contributed by atoms with Gasteiger partial charge in [0, 0.05) is 137 Å². The summed E-state index contributed by atoms with van der Waals surface area (Å²) in [6.45, 7) is 1.45. The summed E-state index contributed by atoms with van der Waals surface area (Å²) in [7, 11) is 3.92. The number of hydrogen-bond donors (Lipinski definition) is 0. The van der Waals surface area contributed by atoms with Crippen molar-refractivity contribution in [1.82, 2.24) is 4.90 Å². The van der Waals surface area contributed by atoms with Gasteiger partial charge in [-0.1, -0.05) is 30.0 Å². The molecule has 8 nitrogen and oxygen atoms in total. The van der Waals surface area contributed by atoms with Crippen molar-refractivity contribution in [2.24, 2.45) is 0 Å². The third-order valence-corrected chi connectivity index (χ3v) is 14.9. The van der Waals surface area contributed by atoms with Gasteiger partial charge in [-0.05, 0) is 83.4 Å². The van der Waals surface area contributed by atoms with Gasteiger partial charge < -0.3 is 39.2 Å². The van der Waals surface area contributed by atoms with Gasteiger partial charge >= 0.3 is 0 Å². The van der Waals surface area contributed by atoms with Crippen LogP contribution in [0.4, 0.5) is 110 Å². The van der Waals surface area contributed by atoms with Crippen LogP contribution < -0.4 is 34.3 Å². The van der Waals surface area contributed by atoms with Crippen LogP contribution in [-0.4, -0.2) is 37.5 Å². The van der Waals surface area contributed by atoms with E-state index in [2.05, 4.69) is 11.0 Å². The van der Waals surface area contributed by atoms with E-state index in [0.29, 0.717) is 53.3 Å². The van der Waals surface area contributed by atoms with Gasteiger partial charge in [0.05, 0.1) is 34.1 Å². The Labute approximate surface area is 476 Å². The topological polar surface area (TPSA) is 25.9 Å². The number of likely N-dealkylation sites (N-methyl/N-ethyl adjacent to an activating group) is 2. The van der Waals surface area contributed by atoms with E-state index < -0.39 is 69.8 Å². The van der Waals surface area contributed by atoms with Crippen molar-refractivity contribution >= 4 is 56.9 Å². The van der Waals surface area contributed by atoms with Crippen LogP contribution in [0.1, 0.15) is 16.7 Å². The van der Waals surface area contributed by atoms with Gasteiger partial charge in [-0.3, -0.25) is 8.78 Å². The summed E-state index contributed by atoms with van der Waals surface area (Å²) < 4.78 is 163. The van der Waals surface area contributed by atoms with Crippen molar-refractivity contribution in [1.29, 1.82) is 0 Å². The summed E-state index contributed by atoms with van der Waals surface area (Å²) >= 11 is 0. The summed E-state index contributed by atoms with van der Waals surface area (Å²) in [6.07, 6.45) is 8.35. The van der Waals surface area contributed by atoms with Crippen LogP contribution in [0.2, 0.25) is 0 Å². The first-order chi connectivity index (χ1) is 38.9.